The van der Waals surface area contributed by atoms with Gasteiger partial charge in [0.2, 0.25) is 0 Å². The average Bonchev–Trinajstić information content (AvgIpc) is 1.84. The lowest BCUT2D eigenvalue weighted by molar-refractivity contribution is -0.165. The minimum absolute atomic E-state index is 0.894. The number of halogens is 2. The summed E-state index contributed by atoms with van der Waals surface area (Å²) in [4.78, 5) is 9.83. The molecule has 0 aromatic heterocycles. The molecule has 0 radical (unpaired) electrons. The molecule has 0 amide bonds. The molecule has 0 aromatic carbocycles. The number of carboxylic acid groups (broad SMARTS) is 1. The first kappa shape index (κ1) is 10.2. The fourth-order valence-electron chi connectivity index (χ4n) is 0.333. The van der Waals surface area contributed by atoms with E-state index in [-0.39, 0.29) is 0 Å². The maximum Gasteiger partial charge on any atom is 0.376 e. The van der Waals surface area contributed by atoms with Crippen molar-refractivity contribution in [2.24, 2.45) is 0 Å². The maximum atomic E-state index is 12.2. The van der Waals surface area contributed by atoms with Crippen LogP contribution >= 0.6 is 0 Å². The topological polar surface area (TPSA) is 52.6 Å². The minimum Gasteiger partial charge on any atom is -0.477 e. The Balaban J connectivity index is 3.83. The predicted octanol–water partition coefficient (Wildman–Crippen LogP) is -0.228. The van der Waals surface area contributed by atoms with Gasteiger partial charge in [-0.05, 0) is 0 Å². The summed E-state index contributed by atoms with van der Waals surface area (Å²) in [7, 11) is 3.00. The van der Waals surface area contributed by atoms with E-state index in [1.165, 1.54) is 19.1 Å². The molecule has 0 heterocycles. The SMILES string of the molecule is CN(C)NCC(F)(F)C(=O)O. The predicted molar refractivity (Wildman–Crippen MR) is 34.3 cm³/mol. The van der Waals surface area contributed by atoms with Gasteiger partial charge in [0.25, 0.3) is 0 Å². The third-order valence-electron chi connectivity index (χ3n) is 0.930. The Morgan fingerprint density at radius 2 is 2.09 bits per heavy atom. The molecule has 0 spiro atoms. The van der Waals surface area contributed by atoms with E-state index in [1.54, 1.807) is 0 Å². The Labute approximate surface area is 62.8 Å². The zero-order valence-corrected chi connectivity index (χ0v) is 6.27. The number of alkyl halides is 2. The second-order valence-electron chi connectivity index (χ2n) is 2.24. The first-order chi connectivity index (χ1) is 4.86. The van der Waals surface area contributed by atoms with Crippen LogP contribution in [0.3, 0.4) is 0 Å². The van der Waals surface area contributed by atoms with Crippen LogP contribution < -0.4 is 5.43 Å². The molecule has 0 atom stereocenters. The molecule has 4 nitrogen and oxygen atoms in total. The molecule has 0 unspecified atom stereocenters. The van der Waals surface area contributed by atoms with Gasteiger partial charge < -0.3 is 5.11 Å². The van der Waals surface area contributed by atoms with Crippen molar-refractivity contribution < 1.29 is 18.7 Å². The third-order valence-corrected chi connectivity index (χ3v) is 0.930. The van der Waals surface area contributed by atoms with Crippen molar-refractivity contribution in [2.45, 2.75) is 5.92 Å². The fraction of sp³-hybridized carbons (Fsp3) is 0.800. The van der Waals surface area contributed by atoms with E-state index in [9.17, 15) is 13.6 Å². The third kappa shape index (κ3) is 3.84. The number of hydrazine groups is 1. The zero-order valence-electron chi connectivity index (χ0n) is 6.27. The van der Waals surface area contributed by atoms with E-state index < -0.39 is 18.4 Å². The number of aliphatic carboxylic acids is 1. The van der Waals surface area contributed by atoms with Gasteiger partial charge in [0.05, 0.1) is 6.54 Å². The summed E-state index contributed by atoms with van der Waals surface area (Å²) < 4.78 is 24.4. The number of hydrogen-bond donors (Lipinski definition) is 2. The molecule has 0 bridgehead atoms. The largest absolute Gasteiger partial charge is 0.477 e. The molecule has 0 aliphatic rings. The van der Waals surface area contributed by atoms with Crippen LogP contribution in [0, 0.1) is 0 Å². The summed E-state index contributed by atoms with van der Waals surface area (Å²) in [5.74, 6) is -5.82. The average molecular weight is 168 g/mol. The van der Waals surface area contributed by atoms with Crippen molar-refractivity contribution in [3.05, 3.63) is 0 Å². The Hall–Kier alpha value is -0.750. The van der Waals surface area contributed by atoms with Crippen LogP contribution in [0.25, 0.3) is 0 Å². The molecule has 0 aliphatic heterocycles. The van der Waals surface area contributed by atoms with Crippen molar-refractivity contribution in [2.75, 3.05) is 20.6 Å². The number of nitrogens with zero attached hydrogens (tertiary/aromatic N) is 1. The second kappa shape index (κ2) is 3.59. The number of nitrogens with one attached hydrogen (secondary N) is 1. The van der Waals surface area contributed by atoms with Gasteiger partial charge in [-0.3, -0.25) is 5.01 Å². The molecule has 2 N–H and O–H groups in total. The lowest BCUT2D eigenvalue weighted by Gasteiger charge is -2.16. The van der Waals surface area contributed by atoms with E-state index in [0.717, 1.165) is 0 Å². The quantitative estimate of drug-likeness (QED) is 0.569. The highest BCUT2D eigenvalue weighted by Gasteiger charge is 2.38. The van der Waals surface area contributed by atoms with Crippen LogP contribution in [0.4, 0.5) is 8.78 Å². The van der Waals surface area contributed by atoms with Crippen molar-refractivity contribution >= 4 is 5.97 Å². The molecule has 0 aromatic rings. The zero-order chi connectivity index (χ0) is 9.07. The molecule has 66 valence electrons. The van der Waals surface area contributed by atoms with Gasteiger partial charge in [0.15, 0.2) is 0 Å². The molecular formula is C5H10F2N2O2. The summed E-state index contributed by atoms with van der Waals surface area (Å²) >= 11 is 0. The number of carboxylic acids is 1. The molecule has 0 rings (SSSR count). The van der Waals surface area contributed by atoms with E-state index >= 15 is 0 Å². The highest BCUT2D eigenvalue weighted by atomic mass is 19.3. The van der Waals surface area contributed by atoms with Gasteiger partial charge >= 0.3 is 11.9 Å². The monoisotopic (exact) mass is 168 g/mol. The summed E-state index contributed by atoms with van der Waals surface area (Å²) in [6.45, 7) is -0.894. The number of rotatable bonds is 4. The molecular weight excluding hydrogens is 158 g/mol. The molecule has 6 heteroatoms. The summed E-state index contributed by atoms with van der Waals surface area (Å²) in [6.07, 6.45) is 0. The molecule has 0 saturated heterocycles. The Morgan fingerprint density at radius 3 is 2.36 bits per heavy atom. The summed E-state index contributed by atoms with van der Waals surface area (Å²) in [5, 5.41) is 9.21. The lowest BCUT2D eigenvalue weighted by Crippen LogP contribution is -2.44. The van der Waals surface area contributed by atoms with Crippen molar-refractivity contribution in [3.8, 4) is 0 Å². The molecule has 0 saturated carbocycles. The van der Waals surface area contributed by atoms with E-state index in [2.05, 4.69) is 5.43 Å². The second-order valence-corrected chi connectivity index (χ2v) is 2.24. The smallest absolute Gasteiger partial charge is 0.376 e. The van der Waals surface area contributed by atoms with E-state index in [1.807, 2.05) is 0 Å². The lowest BCUT2D eigenvalue weighted by atomic mass is 10.3. The molecule has 0 fully saturated rings. The maximum absolute atomic E-state index is 12.2. The van der Waals surface area contributed by atoms with Crippen molar-refractivity contribution in [1.82, 2.24) is 10.4 Å². The van der Waals surface area contributed by atoms with Gasteiger partial charge in [-0.25, -0.2) is 10.2 Å². The Kier molecular flexibility index (Phi) is 3.34. The van der Waals surface area contributed by atoms with Gasteiger partial charge in [-0.2, -0.15) is 8.78 Å². The normalized spacial score (nSPS) is 12.1. The standard InChI is InChI=1S/C5H10F2N2O2/c1-9(2)8-3-5(6,7)4(10)11/h8H,3H2,1-2H3,(H,10,11). The highest BCUT2D eigenvalue weighted by Crippen LogP contribution is 2.11. The Morgan fingerprint density at radius 1 is 1.64 bits per heavy atom. The first-order valence-electron chi connectivity index (χ1n) is 2.88. The van der Waals surface area contributed by atoms with Gasteiger partial charge in [0.1, 0.15) is 0 Å². The van der Waals surface area contributed by atoms with E-state index in [0.29, 0.717) is 0 Å². The minimum atomic E-state index is -3.70. The van der Waals surface area contributed by atoms with Gasteiger partial charge in [-0.15, -0.1) is 0 Å². The fourth-order valence-corrected chi connectivity index (χ4v) is 0.333. The molecule has 0 aliphatic carbocycles. The highest BCUT2D eigenvalue weighted by molar-refractivity contribution is 5.75. The van der Waals surface area contributed by atoms with Crippen LogP contribution in [0.15, 0.2) is 0 Å². The van der Waals surface area contributed by atoms with Crippen LogP contribution in [-0.4, -0.2) is 42.6 Å². The van der Waals surface area contributed by atoms with Gasteiger partial charge in [-0.1, -0.05) is 0 Å². The number of carbonyl (C=O) groups is 1. The first-order valence-corrected chi connectivity index (χ1v) is 2.88. The summed E-state index contributed by atoms with van der Waals surface area (Å²) in [5.41, 5.74) is 2.17. The van der Waals surface area contributed by atoms with Crippen LogP contribution in [0.5, 0.6) is 0 Å². The number of hydrogen-bond acceptors (Lipinski definition) is 3. The Bertz CT molecular complexity index is 149. The van der Waals surface area contributed by atoms with Crippen molar-refractivity contribution in [3.63, 3.8) is 0 Å². The van der Waals surface area contributed by atoms with Crippen LogP contribution in [0.1, 0.15) is 0 Å². The van der Waals surface area contributed by atoms with E-state index in [4.69, 9.17) is 5.11 Å². The van der Waals surface area contributed by atoms with Crippen LogP contribution in [0.2, 0.25) is 0 Å². The van der Waals surface area contributed by atoms with Gasteiger partial charge in [0, 0.05) is 14.1 Å². The molecule has 11 heavy (non-hydrogen) atoms. The summed E-state index contributed by atoms with van der Waals surface area (Å²) in [6, 6.07) is 0. The van der Waals surface area contributed by atoms with Crippen LogP contribution in [-0.2, 0) is 4.79 Å². The van der Waals surface area contributed by atoms with Crippen molar-refractivity contribution in [1.29, 1.82) is 0 Å².